The standard InChI is InChI=1S/C50H58O.C6H12O.C4H6O.C3H6.C2H4O.C2H4.CH2O2/c1-8-12-13-14-16-42-23-29-45(30-24-42)50(47-33-35-48(36-34-47)51-37-41(11-4)21-17-38(5)10-3)49(44-27-19-40(7)20-28-44)46-31-25-43(26-32-46)22-18-39(6)15-9-2;1-3-5-6(7)4-2;1-3-4(2)5;1-3-2;1-2-3;1-2;2-1-3/h4,8-10,19-20,23-36,39,41,49-50H,1-3,5,12-18,21-22,37H2,6-7H3;3,6-7H,1,4-5H2,2H3;3H,1H2,2H3;3H,1H2,2H3;2-3H,1H2;1-2H2;1H,(H,2,3). The third-order valence-electron chi connectivity index (χ3n) is 11.3. The first-order valence-corrected chi connectivity index (χ1v) is 25.4. The van der Waals surface area contributed by atoms with E-state index < -0.39 is 0 Å². The van der Waals surface area contributed by atoms with Crippen LogP contribution in [0.15, 0.2) is 211 Å². The molecular formula is C68H92O6. The summed E-state index contributed by atoms with van der Waals surface area (Å²) >= 11 is 0. The number of hydrogen-bond acceptors (Lipinski definition) is 5. The lowest BCUT2D eigenvalue weighted by Gasteiger charge is -2.30. The molecule has 6 nitrogen and oxygen atoms in total. The average Bonchev–Trinajstić information content (AvgIpc) is 3.41. The summed E-state index contributed by atoms with van der Waals surface area (Å²) < 4.78 is 6.24. The Morgan fingerprint density at radius 3 is 1.49 bits per heavy atom. The van der Waals surface area contributed by atoms with E-state index in [1.807, 2.05) is 26.0 Å². The molecule has 0 bridgehead atoms. The van der Waals surface area contributed by atoms with Crippen LogP contribution in [0, 0.1) is 31.1 Å². The highest BCUT2D eigenvalue weighted by Gasteiger charge is 2.28. The second kappa shape index (κ2) is 48.1. The highest BCUT2D eigenvalue weighted by molar-refractivity contribution is 5.86. The number of aliphatic hydroxyl groups is 2. The minimum absolute atomic E-state index is 0.0171. The van der Waals surface area contributed by atoms with Gasteiger partial charge in [-0.25, -0.2) is 0 Å². The monoisotopic (exact) mass is 1000 g/mol. The quantitative estimate of drug-likeness (QED) is 0.0110. The summed E-state index contributed by atoms with van der Waals surface area (Å²) in [6, 6.07) is 36.5. The third kappa shape index (κ3) is 34.2. The van der Waals surface area contributed by atoms with Gasteiger partial charge in [-0.15, -0.1) is 45.9 Å². The topological polar surface area (TPSA) is 104 Å². The summed E-state index contributed by atoms with van der Waals surface area (Å²) in [5, 5.41) is 23.0. The number of unbranched alkanes of at least 4 members (excludes halogenated alkanes) is 2. The number of benzene rings is 4. The number of aryl methyl sites for hydroxylation is 3. The number of carboxylic acid groups (broad SMARTS) is 1. The number of ketones is 1. The van der Waals surface area contributed by atoms with E-state index in [0.29, 0.717) is 12.5 Å². The number of terminal acetylenes is 1. The van der Waals surface area contributed by atoms with Gasteiger partial charge in [0.1, 0.15) is 12.4 Å². The number of rotatable bonds is 26. The summed E-state index contributed by atoms with van der Waals surface area (Å²) in [7, 11) is 0. The van der Waals surface area contributed by atoms with E-state index in [-0.39, 0.29) is 36.1 Å². The Hall–Kier alpha value is -7.20. The molecule has 6 heteroatoms. The summed E-state index contributed by atoms with van der Waals surface area (Å²) in [6.07, 6.45) is 28.0. The van der Waals surface area contributed by atoms with Gasteiger partial charge in [-0.1, -0.05) is 173 Å². The molecule has 0 heterocycles. The Morgan fingerprint density at radius 1 is 0.703 bits per heavy atom. The van der Waals surface area contributed by atoms with E-state index in [2.05, 4.69) is 183 Å². The van der Waals surface area contributed by atoms with Gasteiger partial charge in [0.15, 0.2) is 5.78 Å². The van der Waals surface area contributed by atoms with Gasteiger partial charge in [-0.3, -0.25) is 9.59 Å². The molecule has 0 amide bonds. The van der Waals surface area contributed by atoms with Gasteiger partial charge in [-0.05, 0) is 149 Å². The average molecular weight is 1010 g/mol. The largest absolute Gasteiger partial charge is 0.516 e. The molecule has 0 aliphatic rings. The van der Waals surface area contributed by atoms with Crippen LogP contribution in [0.25, 0.3) is 0 Å². The first-order valence-electron chi connectivity index (χ1n) is 25.4. The molecule has 74 heavy (non-hydrogen) atoms. The van der Waals surface area contributed by atoms with Gasteiger partial charge in [0.05, 0.1) is 18.3 Å². The van der Waals surface area contributed by atoms with Crippen molar-refractivity contribution in [2.45, 2.75) is 123 Å². The van der Waals surface area contributed by atoms with Crippen molar-refractivity contribution in [1.29, 1.82) is 0 Å². The Bertz CT molecular complexity index is 2160. The molecule has 0 aromatic heterocycles. The van der Waals surface area contributed by atoms with E-state index in [1.165, 1.54) is 64.8 Å². The van der Waals surface area contributed by atoms with Crippen molar-refractivity contribution in [3.63, 3.8) is 0 Å². The zero-order valence-corrected chi connectivity index (χ0v) is 45.9. The second-order valence-electron chi connectivity index (χ2n) is 17.3. The molecular weight excluding hydrogens is 913 g/mol. The van der Waals surface area contributed by atoms with E-state index in [1.54, 1.807) is 18.2 Å². The SMILES string of the molecule is C#CC(CCC(=C)C=C)COc1ccc(C(c2ccc(CCCCC=C)cc2)C(c2ccc(C)cc2)c2ccc(CCC(C)CC=C)cc2)cc1.C=C.C=CC.C=CC(C)=O.C=CCC(O)CC.C=CO.O=CO. The summed E-state index contributed by atoms with van der Waals surface area (Å²) in [5.41, 5.74) is 10.2. The third-order valence-corrected chi connectivity index (χ3v) is 11.3. The van der Waals surface area contributed by atoms with Crippen LogP contribution in [-0.2, 0) is 22.4 Å². The minimum atomic E-state index is -0.250. The molecule has 0 saturated carbocycles. The molecule has 400 valence electrons. The summed E-state index contributed by atoms with van der Waals surface area (Å²) in [4.78, 5) is 18.1. The lowest BCUT2D eigenvalue weighted by Crippen LogP contribution is -2.15. The van der Waals surface area contributed by atoms with Crippen molar-refractivity contribution < 1.29 is 29.6 Å². The number of aliphatic hydroxyl groups excluding tert-OH is 2. The molecule has 0 aliphatic carbocycles. The Balaban J connectivity index is -0.00000184. The summed E-state index contributed by atoms with van der Waals surface area (Å²) in [5.74, 6) is 4.61. The fourth-order valence-corrected chi connectivity index (χ4v) is 7.15. The van der Waals surface area contributed by atoms with Crippen LogP contribution in [0.1, 0.15) is 136 Å². The second-order valence-corrected chi connectivity index (χ2v) is 17.3. The normalized spacial score (nSPS) is 11.4. The van der Waals surface area contributed by atoms with Crippen molar-refractivity contribution in [2.75, 3.05) is 6.61 Å². The van der Waals surface area contributed by atoms with Crippen molar-refractivity contribution in [2.24, 2.45) is 11.8 Å². The van der Waals surface area contributed by atoms with Crippen LogP contribution in [0.2, 0.25) is 0 Å². The molecule has 4 aromatic rings. The lowest BCUT2D eigenvalue weighted by atomic mass is 9.73. The molecule has 3 N–H and O–H groups in total. The van der Waals surface area contributed by atoms with E-state index in [9.17, 15) is 4.79 Å². The van der Waals surface area contributed by atoms with Crippen LogP contribution < -0.4 is 4.74 Å². The number of allylic oxidation sites excluding steroid dienone is 6. The fraction of sp³-hybridized carbons (Fsp3) is 0.324. The Labute approximate surface area is 449 Å². The van der Waals surface area contributed by atoms with Gasteiger partial charge in [0.2, 0.25) is 0 Å². The maximum absolute atomic E-state index is 9.69. The molecule has 4 rings (SSSR count). The highest BCUT2D eigenvalue weighted by Crippen LogP contribution is 2.44. The van der Waals surface area contributed by atoms with Crippen LogP contribution in [0.3, 0.4) is 0 Å². The first-order chi connectivity index (χ1) is 35.7. The van der Waals surface area contributed by atoms with Crippen LogP contribution in [0.4, 0.5) is 0 Å². The van der Waals surface area contributed by atoms with Crippen LogP contribution >= 0.6 is 0 Å². The van der Waals surface area contributed by atoms with Crippen molar-refractivity contribution in [1.82, 2.24) is 0 Å². The van der Waals surface area contributed by atoms with Crippen molar-refractivity contribution in [3.8, 4) is 18.1 Å². The molecule has 0 fully saturated rings. The number of carbonyl (C=O) groups excluding carboxylic acids is 1. The molecule has 5 atom stereocenters. The molecule has 5 unspecified atom stereocenters. The zero-order chi connectivity index (χ0) is 56.5. The van der Waals surface area contributed by atoms with Crippen LogP contribution in [0.5, 0.6) is 5.75 Å². The number of hydrogen-bond donors (Lipinski definition) is 3. The van der Waals surface area contributed by atoms with Gasteiger partial charge in [-0.2, -0.15) is 0 Å². The molecule has 4 aromatic carbocycles. The summed E-state index contributed by atoms with van der Waals surface area (Å²) in [6.45, 7) is 44.6. The van der Waals surface area contributed by atoms with E-state index in [4.69, 9.17) is 31.3 Å². The lowest BCUT2D eigenvalue weighted by molar-refractivity contribution is -0.122. The highest BCUT2D eigenvalue weighted by atomic mass is 16.5. The molecule has 0 radical (unpaired) electrons. The fourth-order valence-electron chi connectivity index (χ4n) is 7.15. The van der Waals surface area contributed by atoms with E-state index in [0.717, 1.165) is 75.4 Å². The zero-order valence-electron chi connectivity index (χ0n) is 45.9. The Kier molecular flexibility index (Phi) is 46.2. The minimum Gasteiger partial charge on any atom is -0.516 e. The smallest absolute Gasteiger partial charge is 0.290 e. The number of carbonyl (C=O) groups is 2. The van der Waals surface area contributed by atoms with Crippen LogP contribution in [-0.4, -0.2) is 40.3 Å². The molecule has 0 aliphatic heterocycles. The predicted octanol–water partition coefficient (Wildman–Crippen LogP) is 17.6. The van der Waals surface area contributed by atoms with Gasteiger partial charge in [0, 0.05) is 11.8 Å². The van der Waals surface area contributed by atoms with Crippen molar-refractivity contribution >= 4 is 12.3 Å². The Morgan fingerprint density at radius 2 is 1.12 bits per heavy atom. The van der Waals surface area contributed by atoms with Gasteiger partial charge < -0.3 is 20.1 Å². The first kappa shape index (κ1) is 71.1. The number of ether oxygens (including phenoxy) is 1. The maximum Gasteiger partial charge on any atom is 0.290 e. The van der Waals surface area contributed by atoms with E-state index >= 15 is 0 Å². The predicted molar refractivity (Wildman–Crippen MR) is 321 cm³/mol. The molecule has 0 saturated heterocycles. The molecule has 0 spiro atoms. The van der Waals surface area contributed by atoms with Crippen molar-refractivity contribution in [3.05, 3.63) is 250 Å². The maximum atomic E-state index is 9.69. The van der Waals surface area contributed by atoms with Gasteiger partial charge in [0.25, 0.3) is 6.47 Å². The van der Waals surface area contributed by atoms with Gasteiger partial charge >= 0.3 is 0 Å².